The van der Waals surface area contributed by atoms with Crippen LogP contribution in [-0.2, 0) is 4.79 Å². The molecule has 22 heteroatoms. The van der Waals surface area contributed by atoms with Crippen LogP contribution in [0.2, 0.25) is 0 Å². The van der Waals surface area contributed by atoms with E-state index < -0.39 is 150 Å². The number of aliphatic hydroxyl groups is 5. The number of phenols is 12. The number of hydrogen-bond donors (Lipinski definition) is 17. The molecule has 0 aliphatic rings. The summed E-state index contributed by atoms with van der Waals surface area (Å²) < 4.78 is 0. The quantitative estimate of drug-likeness (QED) is 0.0304. The first kappa shape index (κ1) is 41.4. The van der Waals surface area contributed by atoms with Crippen LogP contribution in [0, 0.1) is 0 Å². The van der Waals surface area contributed by atoms with E-state index in [-0.39, 0.29) is 36.4 Å². The van der Waals surface area contributed by atoms with Gasteiger partial charge in [-0.05, 0) is 48.5 Å². The minimum atomic E-state index is -5.03. The third-order valence-corrected chi connectivity index (χ3v) is 8.45. The van der Waals surface area contributed by atoms with E-state index in [4.69, 9.17) is 0 Å². The predicted octanol–water partition coefficient (Wildman–Crippen LogP) is -1.90. The third-order valence-electron chi connectivity index (χ3n) is 8.45. The first-order chi connectivity index (χ1) is 25.8. The van der Waals surface area contributed by atoms with Gasteiger partial charge in [-0.2, -0.15) is 0 Å². The second-order valence-corrected chi connectivity index (χ2v) is 12.0. The molecular formula is C34H28O22. The lowest BCUT2D eigenvalue weighted by atomic mass is 9.65. The van der Waals surface area contributed by atoms with Crippen molar-refractivity contribution < 1.29 is 111 Å². The van der Waals surface area contributed by atoms with Gasteiger partial charge in [0.2, 0.25) is 28.7 Å². The molecule has 0 aromatic heterocycles. The third kappa shape index (κ3) is 6.56. The summed E-state index contributed by atoms with van der Waals surface area (Å²) in [5.74, 6) is -27.9. The number of carbonyl (C=O) groups excluding carboxylic acids is 5. The van der Waals surface area contributed by atoms with Crippen LogP contribution in [0.15, 0.2) is 48.5 Å². The van der Waals surface area contributed by atoms with Gasteiger partial charge in [-0.1, -0.05) is 0 Å². The summed E-state index contributed by atoms with van der Waals surface area (Å²) in [6.45, 7) is 0. The van der Waals surface area contributed by atoms with Crippen LogP contribution >= 0.6 is 0 Å². The second-order valence-electron chi connectivity index (χ2n) is 12.0. The number of carbonyl (C=O) groups is 5. The van der Waals surface area contributed by atoms with Gasteiger partial charge in [-0.15, -0.1) is 0 Å². The maximum absolute atomic E-state index is 14.3. The Kier molecular flexibility index (Phi) is 10.7. The van der Waals surface area contributed by atoms with Crippen molar-refractivity contribution >= 4 is 28.9 Å². The molecule has 0 heterocycles. The highest BCUT2D eigenvalue weighted by molar-refractivity contribution is 6.52. The van der Waals surface area contributed by atoms with E-state index in [1.165, 1.54) is 0 Å². The van der Waals surface area contributed by atoms with Crippen molar-refractivity contribution in [3.63, 3.8) is 0 Å². The second kappa shape index (κ2) is 14.5. The molecule has 0 spiro atoms. The zero-order valence-electron chi connectivity index (χ0n) is 27.5. The molecule has 0 bridgehead atoms. The lowest BCUT2D eigenvalue weighted by molar-refractivity contribution is -0.189. The van der Waals surface area contributed by atoms with E-state index in [0.29, 0.717) is 12.1 Å². The molecule has 0 saturated heterocycles. The lowest BCUT2D eigenvalue weighted by Crippen LogP contribution is -2.76. The smallest absolute Gasteiger partial charge is 0.246 e. The molecule has 4 aromatic carbocycles. The molecule has 0 aliphatic carbocycles. The molecule has 0 saturated carbocycles. The van der Waals surface area contributed by atoms with Crippen LogP contribution < -0.4 is 0 Å². The topological polar surface area (TPSA) is 429 Å². The Balaban J connectivity index is 2.08. The number of benzene rings is 4. The van der Waals surface area contributed by atoms with E-state index in [9.17, 15) is 111 Å². The molecule has 296 valence electrons. The van der Waals surface area contributed by atoms with Crippen molar-refractivity contribution in [2.75, 3.05) is 0 Å². The fourth-order valence-electron chi connectivity index (χ4n) is 5.38. The molecule has 0 radical (unpaired) electrons. The number of hydrogen-bond acceptors (Lipinski definition) is 22. The fourth-order valence-corrected chi connectivity index (χ4v) is 5.38. The van der Waals surface area contributed by atoms with Crippen molar-refractivity contribution in [1.82, 2.24) is 0 Å². The number of ketones is 5. The van der Waals surface area contributed by atoms with Crippen molar-refractivity contribution in [3.05, 3.63) is 70.8 Å². The molecule has 0 aliphatic heterocycles. The SMILES string of the molecule is O=C(C(=O)C(O)(C(=O)c1cc(O)c(O)c(O)c1)C(O)(C(=O)c1cc(O)c(O)c(O)c1)C(O)C(O)C(O)C(=O)c1cc(O)c(O)c(O)c1)c1cc(O)c(O)c(O)c1. The van der Waals surface area contributed by atoms with Gasteiger partial charge in [-0.25, -0.2) is 0 Å². The number of aliphatic hydroxyl groups excluding tert-OH is 3. The van der Waals surface area contributed by atoms with E-state index in [1.807, 2.05) is 0 Å². The molecule has 56 heavy (non-hydrogen) atoms. The van der Waals surface area contributed by atoms with Crippen molar-refractivity contribution in [3.8, 4) is 69.0 Å². The maximum atomic E-state index is 14.3. The van der Waals surface area contributed by atoms with E-state index >= 15 is 0 Å². The standard InChI is InChI=1S/C34H28O22/c35-13-1-9(2-14(36)23(13)45)21(43)27(49)28(50)32(54)34(56,30(52)12-7-19(41)26(48)20(42)8-12)33(55,29(51)11-5-17(39)25(47)18(40)6-11)31(53)22(44)10-3-15(37)24(46)16(38)4-10/h1-8,27-28,32,35-42,45-50,54-56H. The van der Waals surface area contributed by atoms with Crippen LogP contribution in [0.25, 0.3) is 0 Å². The molecule has 5 atom stereocenters. The normalized spacial score (nSPS) is 15.1. The molecule has 4 aromatic rings. The van der Waals surface area contributed by atoms with Gasteiger partial charge in [0.1, 0.15) is 18.3 Å². The van der Waals surface area contributed by atoms with E-state index in [0.717, 1.165) is 0 Å². The van der Waals surface area contributed by atoms with Gasteiger partial charge in [0.05, 0.1) is 0 Å². The van der Waals surface area contributed by atoms with Crippen LogP contribution in [0.1, 0.15) is 41.4 Å². The average Bonchev–Trinajstić information content (AvgIpc) is 3.15. The van der Waals surface area contributed by atoms with Crippen molar-refractivity contribution in [1.29, 1.82) is 0 Å². The van der Waals surface area contributed by atoms with Gasteiger partial charge < -0.3 is 86.8 Å². The highest BCUT2D eigenvalue weighted by Crippen LogP contribution is 2.44. The number of aromatic hydroxyl groups is 12. The first-order valence-electron chi connectivity index (χ1n) is 15.0. The van der Waals surface area contributed by atoms with Crippen molar-refractivity contribution in [2.45, 2.75) is 29.5 Å². The van der Waals surface area contributed by atoms with Gasteiger partial charge in [0, 0.05) is 22.3 Å². The minimum absolute atomic E-state index is 0.145. The van der Waals surface area contributed by atoms with Crippen LogP contribution in [0.5, 0.6) is 69.0 Å². The Morgan fingerprint density at radius 2 is 0.714 bits per heavy atom. The highest BCUT2D eigenvalue weighted by Gasteiger charge is 2.70. The molecule has 5 unspecified atom stereocenters. The Morgan fingerprint density at radius 1 is 0.429 bits per heavy atom. The summed E-state index contributed by atoms with van der Waals surface area (Å²) in [4.78, 5) is 69.5. The largest absolute Gasteiger partial charge is 0.504 e. The number of phenolic OH excluding ortho intramolecular Hbond substituents is 12. The van der Waals surface area contributed by atoms with Gasteiger partial charge in [-0.3, -0.25) is 24.0 Å². The molecule has 4 rings (SSSR count). The maximum Gasteiger partial charge on any atom is 0.246 e. The summed E-state index contributed by atoms with van der Waals surface area (Å²) in [7, 11) is 0. The number of Topliss-reactive ketones (excluding diaryl/α,β-unsaturated/α-hetero) is 5. The summed E-state index contributed by atoms with van der Waals surface area (Å²) in [6, 6.07) is 1.81. The zero-order chi connectivity index (χ0) is 42.5. The van der Waals surface area contributed by atoms with E-state index in [2.05, 4.69) is 0 Å². The summed E-state index contributed by atoms with van der Waals surface area (Å²) in [5.41, 5.74) is -15.1. The first-order valence-corrected chi connectivity index (χ1v) is 15.0. The average molecular weight is 789 g/mol. The van der Waals surface area contributed by atoms with Crippen LogP contribution in [0.4, 0.5) is 0 Å². The Morgan fingerprint density at radius 3 is 1.05 bits per heavy atom. The monoisotopic (exact) mass is 788 g/mol. The van der Waals surface area contributed by atoms with Crippen LogP contribution in [0.3, 0.4) is 0 Å². The summed E-state index contributed by atoms with van der Waals surface area (Å²) in [6.07, 6.45) is -10.5. The number of rotatable bonds is 13. The zero-order valence-corrected chi connectivity index (χ0v) is 27.5. The molecular weight excluding hydrogens is 760 g/mol. The fraction of sp³-hybridized carbons (Fsp3) is 0.147. The molecule has 22 nitrogen and oxygen atoms in total. The lowest BCUT2D eigenvalue weighted by Gasteiger charge is -2.44. The Bertz CT molecular complexity index is 2240. The summed E-state index contributed by atoms with van der Waals surface area (Å²) >= 11 is 0. The highest BCUT2D eigenvalue weighted by atomic mass is 16.4. The summed E-state index contributed by atoms with van der Waals surface area (Å²) in [5, 5.41) is 177. The van der Waals surface area contributed by atoms with Crippen molar-refractivity contribution in [2.24, 2.45) is 0 Å². The molecule has 0 fully saturated rings. The van der Waals surface area contributed by atoms with Gasteiger partial charge in [0.15, 0.2) is 80.4 Å². The predicted molar refractivity (Wildman–Crippen MR) is 176 cm³/mol. The van der Waals surface area contributed by atoms with Gasteiger partial charge in [0.25, 0.3) is 0 Å². The Hall–Kier alpha value is -7.37. The molecule has 0 amide bonds. The Labute approximate surface area is 309 Å². The minimum Gasteiger partial charge on any atom is -0.504 e. The molecule has 17 N–H and O–H groups in total. The van der Waals surface area contributed by atoms with Gasteiger partial charge >= 0.3 is 0 Å². The van der Waals surface area contributed by atoms with E-state index in [1.54, 1.807) is 0 Å². The van der Waals surface area contributed by atoms with Crippen LogP contribution in [-0.4, -0.2) is 145 Å².